The predicted octanol–water partition coefficient (Wildman–Crippen LogP) is 6.07. The van der Waals surface area contributed by atoms with Crippen LogP contribution in [0.25, 0.3) is 0 Å². The molecule has 1 aliphatic heterocycles. The van der Waals surface area contributed by atoms with Gasteiger partial charge in [0.25, 0.3) is 0 Å². The van der Waals surface area contributed by atoms with E-state index < -0.39 is 0 Å². The van der Waals surface area contributed by atoms with E-state index in [0.717, 1.165) is 48.2 Å². The molecular formula is C26H33N3O4S. The first-order valence-corrected chi connectivity index (χ1v) is 12.5. The van der Waals surface area contributed by atoms with Gasteiger partial charge in [0, 0.05) is 17.7 Å². The molecule has 0 saturated heterocycles. The van der Waals surface area contributed by atoms with Crippen LogP contribution in [0.2, 0.25) is 0 Å². The Labute approximate surface area is 205 Å². The average Bonchev–Trinajstić information content (AvgIpc) is 2.85. The fourth-order valence-electron chi connectivity index (χ4n) is 3.77. The first-order valence-electron chi connectivity index (χ1n) is 11.7. The summed E-state index contributed by atoms with van der Waals surface area (Å²) in [6.45, 7) is 4.48. The minimum Gasteiger partial charge on any atom is -0.493 e. The zero-order valence-electron chi connectivity index (χ0n) is 20.3. The number of benzene rings is 2. The van der Waals surface area contributed by atoms with Crippen molar-refractivity contribution in [1.29, 1.82) is 0 Å². The fraction of sp³-hybridized carbons (Fsp3) is 0.423. The highest BCUT2D eigenvalue weighted by molar-refractivity contribution is 8.14. The Morgan fingerprint density at radius 3 is 2.59 bits per heavy atom. The molecule has 1 aliphatic rings. The maximum Gasteiger partial charge on any atom is 0.302 e. The van der Waals surface area contributed by atoms with Crippen LogP contribution < -0.4 is 14.8 Å². The summed E-state index contributed by atoms with van der Waals surface area (Å²) in [6, 6.07) is 13.2. The quantitative estimate of drug-likeness (QED) is 0.392. The fourth-order valence-corrected chi connectivity index (χ4v) is 4.70. The van der Waals surface area contributed by atoms with Crippen molar-refractivity contribution in [3.05, 3.63) is 53.6 Å². The van der Waals surface area contributed by atoms with Gasteiger partial charge in [-0.2, -0.15) is 5.10 Å². The summed E-state index contributed by atoms with van der Waals surface area (Å²) in [4.78, 5) is 25.0. The number of rotatable bonds is 11. The van der Waals surface area contributed by atoms with Crippen LogP contribution in [0.4, 0.5) is 10.5 Å². The lowest BCUT2D eigenvalue weighted by Crippen LogP contribution is -2.34. The number of carbonyl (C=O) groups is 2. The number of hydrogen-bond donors (Lipinski definition) is 1. The Morgan fingerprint density at radius 2 is 1.88 bits per heavy atom. The standard InChI is InChI=1S/C26H33N3O4S/c1-5-7-8-12-24(30)27-20-11-9-10-18(15-20)17-29-26(31)34-23(6-2)25(28-29)19-13-14-21(32-3)22(16-19)33-4/h9-11,13-16,23H,5-8,12,17H2,1-4H3,(H,27,30). The molecule has 0 bridgehead atoms. The number of ether oxygens (including phenoxy) is 2. The van der Waals surface area contributed by atoms with Crippen LogP contribution in [0.5, 0.6) is 11.5 Å². The van der Waals surface area contributed by atoms with Gasteiger partial charge in [0.15, 0.2) is 11.5 Å². The normalized spacial score (nSPS) is 15.6. The second kappa shape index (κ2) is 12.5. The molecular weight excluding hydrogens is 450 g/mol. The minimum absolute atomic E-state index is 0.00903. The summed E-state index contributed by atoms with van der Waals surface area (Å²) < 4.78 is 10.8. The van der Waals surface area contributed by atoms with E-state index in [0.29, 0.717) is 24.5 Å². The lowest BCUT2D eigenvalue weighted by atomic mass is 10.0. The Bertz CT molecular complexity index is 1040. The Hall–Kier alpha value is -3.00. The smallest absolute Gasteiger partial charge is 0.302 e. The zero-order chi connectivity index (χ0) is 24.5. The molecule has 0 aliphatic carbocycles. The number of anilines is 1. The van der Waals surface area contributed by atoms with E-state index in [-0.39, 0.29) is 16.4 Å². The second-order valence-corrected chi connectivity index (χ2v) is 9.25. The molecule has 3 rings (SSSR count). The molecule has 0 radical (unpaired) electrons. The number of nitrogens with zero attached hydrogens (tertiary/aromatic N) is 2. The van der Waals surface area contributed by atoms with Crippen LogP contribution >= 0.6 is 11.8 Å². The number of carbonyl (C=O) groups excluding carboxylic acids is 2. The van der Waals surface area contributed by atoms with Crippen molar-refractivity contribution in [3.63, 3.8) is 0 Å². The zero-order valence-corrected chi connectivity index (χ0v) is 21.1. The molecule has 0 aromatic heterocycles. The van der Waals surface area contributed by atoms with Crippen LogP contribution in [-0.2, 0) is 11.3 Å². The second-order valence-electron chi connectivity index (χ2n) is 8.10. The molecule has 2 aromatic rings. The van der Waals surface area contributed by atoms with Crippen LogP contribution in [0, 0.1) is 0 Å². The third-order valence-corrected chi connectivity index (χ3v) is 6.84. The SMILES string of the molecule is CCCCCC(=O)Nc1cccc(CN2N=C(c3ccc(OC)c(OC)c3)C(CC)SC2=O)c1. The molecule has 7 nitrogen and oxygen atoms in total. The maximum absolute atomic E-state index is 12.8. The summed E-state index contributed by atoms with van der Waals surface area (Å²) in [6.07, 6.45) is 4.29. The van der Waals surface area contributed by atoms with Gasteiger partial charge in [-0.05, 0) is 48.7 Å². The van der Waals surface area contributed by atoms with Crippen LogP contribution in [0.15, 0.2) is 47.6 Å². The van der Waals surface area contributed by atoms with Crippen molar-refractivity contribution in [2.75, 3.05) is 19.5 Å². The highest BCUT2D eigenvalue weighted by Crippen LogP contribution is 2.33. The van der Waals surface area contributed by atoms with E-state index in [1.54, 1.807) is 14.2 Å². The third-order valence-electron chi connectivity index (χ3n) is 5.59. The number of unbranched alkanes of at least 4 members (excludes halogenated alkanes) is 2. The Balaban J connectivity index is 1.80. The number of methoxy groups -OCH3 is 2. The molecule has 1 N–H and O–H groups in total. The van der Waals surface area contributed by atoms with E-state index in [1.165, 1.54) is 16.8 Å². The van der Waals surface area contributed by atoms with Crippen molar-refractivity contribution in [2.24, 2.45) is 5.10 Å². The van der Waals surface area contributed by atoms with Gasteiger partial charge >= 0.3 is 5.24 Å². The lowest BCUT2D eigenvalue weighted by Gasteiger charge is -2.28. The summed E-state index contributed by atoms with van der Waals surface area (Å²) in [5.41, 5.74) is 3.34. The largest absolute Gasteiger partial charge is 0.493 e. The van der Waals surface area contributed by atoms with Gasteiger partial charge in [0.05, 0.1) is 31.7 Å². The number of amides is 2. The molecule has 2 aromatic carbocycles. The lowest BCUT2D eigenvalue weighted by molar-refractivity contribution is -0.116. The Morgan fingerprint density at radius 1 is 1.09 bits per heavy atom. The minimum atomic E-state index is -0.0925. The summed E-state index contributed by atoms with van der Waals surface area (Å²) >= 11 is 1.28. The molecule has 0 fully saturated rings. The number of nitrogens with one attached hydrogen (secondary N) is 1. The molecule has 1 heterocycles. The summed E-state index contributed by atoms with van der Waals surface area (Å²) in [7, 11) is 3.20. The van der Waals surface area contributed by atoms with Gasteiger partial charge in [-0.25, -0.2) is 5.01 Å². The van der Waals surface area contributed by atoms with Crippen molar-refractivity contribution >= 4 is 34.3 Å². The van der Waals surface area contributed by atoms with Crippen molar-refractivity contribution in [3.8, 4) is 11.5 Å². The Kier molecular flexibility index (Phi) is 9.39. The van der Waals surface area contributed by atoms with Gasteiger partial charge in [0.2, 0.25) is 5.91 Å². The topological polar surface area (TPSA) is 80.2 Å². The highest BCUT2D eigenvalue weighted by Gasteiger charge is 2.30. The van der Waals surface area contributed by atoms with Gasteiger partial charge in [-0.15, -0.1) is 0 Å². The third kappa shape index (κ3) is 6.53. The van der Waals surface area contributed by atoms with Crippen molar-refractivity contribution in [1.82, 2.24) is 5.01 Å². The molecule has 34 heavy (non-hydrogen) atoms. The van der Waals surface area contributed by atoms with E-state index in [9.17, 15) is 9.59 Å². The molecule has 0 spiro atoms. The van der Waals surface area contributed by atoms with E-state index in [2.05, 4.69) is 12.2 Å². The number of hydrazone groups is 1. The van der Waals surface area contributed by atoms with E-state index >= 15 is 0 Å². The van der Waals surface area contributed by atoms with Gasteiger partial charge in [0.1, 0.15) is 0 Å². The van der Waals surface area contributed by atoms with Crippen LogP contribution in [0.1, 0.15) is 57.1 Å². The van der Waals surface area contributed by atoms with Gasteiger partial charge < -0.3 is 14.8 Å². The molecule has 182 valence electrons. The number of thioether (sulfide) groups is 1. The van der Waals surface area contributed by atoms with Crippen molar-refractivity contribution in [2.45, 2.75) is 57.7 Å². The number of hydrogen-bond acceptors (Lipinski definition) is 6. The van der Waals surface area contributed by atoms with E-state index in [1.807, 2.05) is 49.4 Å². The monoisotopic (exact) mass is 483 g/mol. The molecule has 0 saturated carbocycles. The van der Waals surface area contributed by atoms with E-state index in [4.69, 9.17) is 14.6 Å². The average molecular weight is 484 g/mol. The highest BCUT2D eigenvalue weighted by atomic mass is 32.2. The molecule has 1 unspecified atom stereocenters. The molecule has 2 amide bonds. The summed E-state index contributed by atoms with van der Waals surface area (Å²) in [5.74, 6) is 1.27. The first-order chi connectivity index (χ1) is 16.5. The van der Waals surface area contributed by atoms with Crippen molar-refractivity contribution < 1.29 is 19.1 Å². The van der Waals surface area contributed by atoms with Gasteiger partial charge in [-0.1, -0.05) is 50.6 Å². The maximum atomic E-state index is 12.8. The van der Waals surface area contributed by atoms with Gasteiger partial charge in [-0.3, -0.25) is 9.59 Å². The molecule has 8 heteroatoms. The first kappa shape index (κ1) is 25.6. The van der Waals surface area contributed by atoms with Crippen LogP contribution in [-0.4, -0.2) is 41.3 Å². The van der Waals surface area contributed by atoms with Crippen LogP contribution in [0.3, 0.4) is 0 Å². The summed E-state index contributed by atoms with van der Waals surface area (Å²) in [5, 5.41) is 9.06. The predicted molar refractivity (Wildman–Crippen MR) is 138 cm³/mol. The molecule has 1 atom stereocenters.